The highest BCUT2D eigenvalue weighted by Gasteiger charge is 2.16. The number of halogens is 1. The minimum atomic E-state index is -0.508. The molecule has 0 aliphatic carbocycles. The first-order valence-electron chi connectivity index (χ1n) is 8.89. The van der Waals surface area contributed by atoms with Gasteiger partial charge < -0.3 is 16.4 Å². The molecular formula is C21H19ClN4O3. The molecule has 0 spiro atoms. The zero-order chi connectivity index (χ0) is 21.0. The third-order valence-corrected chi connectivity index (χ3v) is 4.52. The number of aromatic nitrogens is 1. The highest BCUT2D eigenvalue weighted by atomic mass is 35.5. The van der Waals surface area contributed by atoms with E-state index in [4.69, 9.17) is 17.3 Å². The van der Waals surface area contributed by atoms with Crippen molar-refractivity contribution in [1.82, 2.24) is 10.3 Å². The molecule has 8 heteroatoms. The van der Waals surface area contributed by atoms with Crippen LogP contribution >= 0.6 is 11.6 Å². The molecule has 2 aromatic carbocycles. The quantitative estimate of drug-likeness (QED) is 0.579. The molecule has 0 saturated carbocycles. The number of carbonyl (C=O) groups excluding carboxylic acids is 3. The molecule has 0 aliphatic heterocycles. The van der Waals surface area contributed by atoms with Crippen molar-refractivity contribution in [3.8, 4) is 0 Å². The Bertz CT molecular complexity index is 1110. The third-order valence-electron chi connectivity index (χ3n) is 4.29. The van der Waals surface area contributed by atoms with E-state index in [9.17, 15) is 14.4 Å². The predicted molar refractivity (Wildman–Crippen MR) is 112 cm³/mol. The number of anilines is 1. The standard InChI is InChI=1S/C21H19ClN4O3/c1-12-16(11-13-10-14(22)6-7-17(13)25-12)21(29)26-18-5-3-2-4-15(18)20(28)24-9-8-19(23)27/h2-7,10-11H,8-9H2,1H3,(H2,23,27)(H,24,28)(H,26,29). The van der Waals surface area contributed by atoms with Gasteiger partial charge in [-0.3, -0.25) is 19.4 Å². The van der Waals surface area contributed by atoms with Gasteiger partial charge in [0.25, 0.3) is 11.8 Å². The molecular weight excluding hydrogens is 392 g/mol. The average Bonchev–Trinajstić information content (AvgIpc) is 2.67. The molecule has 0 bridgehead atoms. The Labute approximate surface area is 172 Å². The van der Waals surface area contributed by atoms with Gasteiger partial charge in [0.05, 0.1) is 28.0 Å². The molecule has 1 aromatic heterocycles. The minimum absolute atomic E-state index is 0.0325. The van der Waals surface area contributed by atoms with Crippen molar-refractivity contribution in [2.45, 2.75) is 13.3 Å². The van der Waals surface area contributed by atoms with Gasteiger partial charge >= 0.3 is 0 Å². The Hall–Kier alpha value is -3.45. The predicted octanol–water partition coefficient (Wildman–Crippen LogP) is 3.05. The maximum Gasteiger partial charge on any atom is 0.257 e. The van der Waals surface area contributed by atoms with Crippen molar-refractivity contribution in [2.75, 3.05) is 11.9 Å². The van der Waals surface area contributed by atoms with Gasteiger partial charge in [-0.15, -0.1) is 0 Å². The Kier molecular flexibility index (Phi) is 6.09. The second-order valence-electron chi connectivity index (χ2n) is 6.43. The molecule has 1 heterocycles. The van der Waals surface area contributed by atoms with Crippen LogP contribution < -0.4 is 16.4 Å². The number of nitrogens with zero attached hydrogens (tertiary/aromatic N) is 1. The fourth-order valence-electron chi connectivity index (χ4n) is 2.85. The molecule has 3 amide bonds. The number of primary amides is 1. The molecule has 148 valence electrons. The molecule has 0 fully saturated rings. The van der Waals surface area contributed by atoms with E-state index in [1.54, 1.807) is 55.5 Å². The molecule has 4 N–H and O–H groups in total. The Morgan fingerprint density at radius 2 is 1.79 bits per heavy atom. The monoisotopic (exact) mass is 410 g/mol. The zero-order valence-electron chi connectivity index (χ0n) is 15.7. The number of hydrogen-bond acceptors (Lipinski definition) is 4. The number of carbonyl (C=O) groups is 3. The summed E-state index contributed by atoms with van der Waals surface area (Å²) in [5.74, 6) is -1.32. The van der Waals surface area contributed by atoms with Crippen molar-refractivity contribution in [1.29, 1.82) is 0 Å². The van der Waals surface area contributed by atoms with E-state index < -0.39 is 17.7 Å². The molecule has 7 nitrogen and oxygen atoms in total. The van der Waals surface area contributed by atoms with E-state index >= 15 is 0 Å². The van der Waals surface area contributed by atoms with Gasteiger partial charge in [0.15, 0.2) is 0 Å². The number of para-hydroxylation sites is 1. The van der Waals surface area contributed by atoms with Crippen LogP contribution in [0.25, 0.3) is 10.9 Å². The van der Waals surface area contributed by atoms with Crippen LogP contribution in [0.5, 0.6) is 0 Å². The lowest BCUT2D eigenvalue weighted by atomic mass is 10.1. The van der Waals surface area contributed by atoms with Crippen molar-refractivity contribution >= 4 is 45.9 Å². The summed E-state index contributed by atoms with van der Waals surface area (Å²) >= 11 is 6.04. The van der Waals surface area contributed by atoms with Gasteiger partial charge in [-0.25, -0.2) is 0 Å². The first-order valence-corrected chi connectivity index (χ1v) is 9.27. The molecule has 0 unspecified atom stereocenters. The number of hydrogen-bond donors (Lipinski definition) is 3. The summed E-state index contributed by atoms with van der Waals surface area (Å²) in [4.78, 5) is 40.6. The summed E-state index contributed by atoms with van der Waals surface area (Å²) in [6.45, 7) is 1.86. The van der Waals surface area contributed by atoms with E-state index in [1.807, 2.05) is 0 Å². The summed E-state index contributed by atoms with van der Waals surface area (Å²) in [5, 5.41) is 6.66. The summed E-state index contributed by atoms with van der Waals surface area (Å²) in [6, 6.07) is 13.6. The van der Waals surface area contributed by atoms with Gasteiger partial charge in [-0.05, 0) is 43.3 Å². The fraction of sp³-hybridized carbons (Fsp3) is 0.143. The summed E-state index contributed by atoms with van der Waals surface area (Å²) in [7, 11) is 0. The minimum Gasteiger partial charge on any atom is -0.370 e. The van der Waals surface area contributed by atoms with Crippen molar-refractivity contribution < 1.29 is 14.4 Å². The van der Waals surface area contributed by atoms with Gasteiger partial charge in [-0.1, -0.05) is 23.7 Å². The van der Waals surface area contributed by atoms with Crippen LogP contribution in [0.2, 0.25) is 5.02 Å². The lowest BCUT2D eigenvalue weighted by Gasteiger charge is -2.12. The van der Waals surface area contributed by atoms with E-state index in [1.165, 1.54) is 0 Å². The van der Waals surface area contributed by atoms with Crippen LogP contribution in [0.1, 0.15) is 32.8 Å². The largest absolute Gasteiger partial charge is 0.370 e. The highest BCUT2D eigenvalue weighted by molar-refractivity contribution is 6.31. The number of nitrogens with one attached hydrogen (secondary N) is 2. The fourth-order valence-corrected chi connectivity index (χ4v) is 3.03. The van der Waals surface area contributed by atoms with Gasteiger partial charge in [-0.2, -0.15) is 0 Å². The van der Waals surface area contributed by atoms with E-state index in [0.717, 1.165) is 10.9 Å². The van der Waals surface area contributed by atoms with Gasteiger partial charge in [0.2, 0.25) is 5.91 Å². The van der Waals surface area contributed by atoms with Crippen LogP contribution in [0.4, 0.5) is 5.69 Å². The SMILES string of the molecule is Cc1nc2ccc(Cl)cc2cc1C(=O)Nc1ccccc1C(=O)NCCC(N)=O. The first-order chi connectivity index (χ1) is 13.8. The van der Waals surface area contributed by atoms with Crippen LogP contribution in [0.15, 0.2) is 48.5 Å². The topological polar surface area (TPSA) is 114 Å². The first kappa shape index (κ1) is 20.3. The maximum atomic E-state index is 12.9. The smallest absolute Gasteiger partial charge is 0.257 e. The number of benzene rings is 2. The van der Waals surface area contributed by atoms with Crippen molar-refractivity contribution in [2.24, 2.45) is 5.73 Å². The van der Waals surface area contributed by atoms with Crippen LogP contribution in [0, 0.1) is 6.92 Å². The number of pyridine rings is 1. The van der Waals surface area contributed by atoms with E-state index in [0.29, 0.717) is 22.0 Å². The molecule has 29 heavy (non-hydrogen) atoms. The molecule has 0 atom stereocenters. The number of nitrogens with two attached hydrogens (primary N) is 1. The van der Waals surface area contributed by atoms with Gasteiger partial charge in [0.1, 0.15) is 0 Å². The summed E-state index contributed by atoms with van der Waals surface area (Å²) in [6.07, 6.45) is 0.0325. The van der Waals surface area contributed by atoms with Crippen LogP contribution in [0.3, 0.4) is 0 Å². The lowest BCUT2D eigenvalue weighted by molar-refractivity contribution is -0.117. The Morgan fingerprint density at radius 1 is 1.03 bits per heavy atom. The molecule has 0 radical (unpaired) electrons. The van der Waals surface area contributed by atoms with Gasteiger partial charge in [0, 0.05) is 23.4 Å². The summed E-state index contributed by atoms with van der Waals surface area (Å²) in [5.41, 5.74) is 7.37. The normalized spacial score (nSPS) is 10.6. The van der Waals surface area contributed by atoms with Crippen molar-refractivity contribution in [3.63, 3.8) is 0 Å². The molecule has 0 aliphatic rings. The van der Waals surface area contributed by atoms with Crippen LogP contribution in [-0.4, -0.2) is 29.3 Å². The molecule has 3 aromatic rings. The van der Waals surface area contributed by atoms with E-state index in [2.05, 4.69) is 15.6 Å². The van der Waals surface area contributed by atoms with E-state index in [-0.39, 0.29) is 18.5 Å². The Balaban J connectivity index is 1.84. The summed E-state index contributed by atoms with van der Waals surface area (Å²) < 4.78 is 0. The number of aryl methyl sites for hydroxylation is 1. The zero-order valence-corrected chi connectivity index (χ0v) is 16.4. The third kappa shape index (κ3) is 4.89. The number of amides is 3. The number of fused-ring (bicyclic) bond motifs is 1. The van der Waals surface area contributed by atoms with Crippen molar-refractivity contribution in [3.05, 3.63) is 70.4 Å². The number of rotatable bonds is 6. The Morgan fingerprint density at radius 3 is 2.55 bits per heavy atom. The molecule has 0 saturated heterocycles. The second-order valence-corrected chi connectivity index (χ2v) is 6.87. The molecule has 3 rings (SSSR count). The average molecular weight is 411 g/mol. The highest BCUT2D eigenvalue weighted by Crippen LogP contribution is 2.22. The maximum absolute atomic E-state index is 12.9. The lowest BCUT2D eigenvalue weighted by Crippen LogP contribution is -2.29. The van der Waals surface area contributed by atoms with Crippen LogP contribution in [-0.2, 0) is 4.79 Å². The second kappa shape index (κ2) is 8.70.